The standard InChI is InChI=1S/C19H27N3O4S/c1-27(24,25)16-4-5-17(20-13-16)22-10-6-19(7-11-22)12-15(26-18(19)23)14-21-8-2-3-9-21/h4-5,13,15H,2-3,6-12,14H2,1H3. The fourth-order valence-electron chi connectivity index (χ4n) is 4.54. The number of pyridine rings is 1. The Bertz CT molecular complexity index is 795. The van der Waals surface area contributed by atoms with E-state index in [1.165, 1.54) is 25.3 Å². The van der Waals surface area contributed by atoms with E-state index in [1.54, 1.807) is 12.1 Å². The molecule has 0 aliphatic carbocycles. The van der Waals surface area contributed by atoms with Crippen LogP contribution in [-0.2, 0) is 19.4 Å². The molecule has 0 saturated carbocycles. The lowest BCUT2D eigenvalue weighted by molar-refractivity contribution is -0.150. The van der Waals surface area contributed by atoms with Crippen molar-refractivity contribution in [1.82, 2.24) is 9.88 Å². The highest BCUT2D eigenvalue weighted by Gasteiger charge is 2.50. The Morgan fingerprint density at radius 1 is 1.19 bits per heavy atom. The maximum Gasteiger partial charge on any atom is 0.312 e. The fourth-order valence-corrected chi connectivity index (χ4v) is 5.10. The first-order valence-electron chi connectivity index (χ1n) is 9.70. The van der Waals surface area contributed by atoms with E-state index in [9.17, 15) is 13.2 Å². The van der Waals surface area contributed by atoms with Crippen LogP contribution in [-0.4, -0.2) is 69.4 Å². The van der Waals surface area contributed by atoms with E-state index in [0.717, 1.165) is 57.8 Å². The van der Waals surface area contributed by atoms with E-state index in [2.05, 4.69) is 14.8 Å². The second kappa shape index (κ2) is 7.05. The molecule has 1 spiro atoms. The topological polar surface area (TPSA) is 79.8 Å². The lowest BCUT2D eigenvalue weighted by Gasteiger charge is -2.37. The number of likely N-dealkylation sites (tertiary alicyclic amines) is 1. The van der Waals surface area contributed by atoms with Crippen molar-refractivity contribution in [2.45, 2.75) is 43.1 Å². The van der Waals surface area contributed by atoms with Crippen LogP contribution in [0.2, 0.25) is 0 Å². The number of rotatable bonds is 4. The molecule has 4 rings (SSSR count). The molecule has 27 heavy (non-hydrogen) atoms. The Kier molecular flexibility index (Phi) is 4.88. The van der Waals surface area contributed by atoms with Crippen LogP contribution in [0.1, 0.15) is 32.1 Å². The molecule has 3 aliphatic rings. The zero-order chi connectivity index (χ0) is 19.1. The van der Waals surface area contributed by atoms with Gasteiger partial charge in [0.2, 0.25) is 0 Å². The maximum atomic E-state index is 12.6. The van der Waals surface area contributed by atoms with Gasteiger partial charge in [0.15, 0.2) is 9.84 Å². The molecule has 0 radical (unpaired) electrons. The number of anilines is 1. The molecule has 148 valence electrons. The first kappa shape index (κ1) is 18.7. The van der Waals surface area contributed by atoms with Crippen LogP contribution in [0.3, 0.4) is 0 Å². The van der Waals surface area contributed by atoms with Crippen molar-refractivity contribution in [3.8, 4) is 0 Å². The van der Waals surface area contributed by atoms with Gasteiger partial charge < -0.3 is 9.64 Å². The second-order valence-corrected chi connectivity index (χ2v) is 10.1. The predicted octanol–water partition coefficient (Wildman–Crippen LogP) is 1.48. The van der Waals surface area contributed by atoms with Gasteiger partial charge in [0.05, 0.1) is 10.3 Å². The largest absolute Gasteiger partial charge is 0.461 e. The summed E-state index contributed by atoms with van der Waals surface area (Å²) in [7, 11) is -3.24. The summed E-state index contributed by atoms with van der Waals surface area (Å²) in [4.78, 5) is 21.7. The second-order valence-electron chi connectivity index (χ2n) is 8.13. The van der Waals surface area contributed by atoms with Gasteiger partial charge in [-0.05, 0) is 50.9 Å². The number of cyclic esters (lactones) is 1. The van der Waals surface area contributed by atoms with E-state index >= 15 is 0 Å². The van der Waals surface area contributed by atoms with Crippen molar-refractivity contribution >= 4 is 21.6 Å². The van der Waals surface area contributed by atoms with Gasteiger partial charge in [-0.1, -0.05) is 0 Å². The Balaban J connectivity index is 1.37. The first-order chi connectivity index (χ1) is 12.9. The van der Waals surface area contributed by atoms with E-state index < -0.39 is 9.84 Å². The summed E-state index contributed by atoms with van der Waals surface area (Å²) in [5, 5.41) is 0. The number of nitrogens with zero attached hydrogens (tertiary/aromatic N) is 3. The Hall–Kier alpha value is -1.67. The molecular weight excluding hydrogens is 366 g/mol. The zero-order valence-corrected chi connectivity index (χ0v) is 16.6. The van der Waals surface area contributed by atoms with Crippen molar-refractivity contribution in [1.29, 1.82) is 0 Å². The normalized spacial score (nSPS) is 25.9. The Morgan fingerprint density at radius 2 is 1.89 bits per heavy atom. The van der Waals surface area contributed by atoms with Gasteiger partial charge in [0.25, 0.3) is 0 Å². The molecule has 4 heterocycles. The molecule has 1 aromatic rings. The third-order valence-electron chi connectivity index (χ3n) is 6.18. The lowest BCUT2D eigenvalue weighted by atomic mass is 9.76. The average molecular weight is 394 g/mol. The monoisotopic (exact) mass is 393 g/mol. The van der Waals surface area contributed by atoms with Crippen LogP contribution in [0.5, 0.6) is 0 Å². The number of sulfone groups is 1. The smallest absolute Gasteiger partial charge is 0.312 e. The molecule has 0 amide bonds. The van der Waals surface area contributed by atoms with E-state index in [0.29, 0.717) is 0 Å². The summed E-state index contributed by atoms with van der Waals surface area (Å²) in [5.41, 5.74) is -0.354. The van der Waals surface area contributed by atoms with Crippen molar-refractivity contribution in [3.05, 3.63) is 18.3 Å². The molecule has 3 saturated heterocycles. The molecule has 8 heteroatoms. The lowest BCUT2D eigenvalue weighted by Crippen LogP contribution is -2.43. The summed E-state index contributed by atoms with van der Waals surface area (Å²) >= 11 is 0. The van der Waals surface area contributed by atoms with Crippen molar-refractivity contribution < 1.29 is 17.9 Å². The minimum Gasteiger partial charge on any atom is -0.461 e. The summed E-state index contributed by atoms with van der Waals surface area (Å²) in [6.07, 6.45) is 7.43. The number of ether oxygens (including phenoxy) is 1. The van der Waals surface area contributed by atoms with Crippen molar-refractivity contribution in [2.24, 2.45) is 5.41 Å². The van der Waals surface area contributed by atoms with Crippen LogP contribution in [0.15, 0.2) is 23.2 Å². The van der Waals surface area contributed by atoms with Gasteiger partial charge in [-0.3, -0.25) is 9.69 Å². The highest BCUT2D eigenvalue weighted by atomic mass is 32.2. The molecule has 0 N–H and O–H groups in total. The number of hydrogen-bond acceptors (Lipinski definition) is 7. The molecule has 1 aromatic heterocycles. The van der Waals surface area contributed by atoms with Crippen molar-refractivity contribution in [2.75, 3.05) is 43.9 Å². The van der Waals surface area contributed by atoms with Crippen LogP contribution in [0.25, 0.3) is 0 Å². The van der Waals surface area contributed by atoms with Gasteiger partial charge in [-0.25, -0.2) is 13.4 Å². The van der Waals surface area contributed by atoms with Crippen LogP contribution in [0.4, 0.5) is 5.82 Å². The quantitative estimate of drug-likeness (QED) is 0.717. The first-order valence-corrected chi connectivity index (χ1v) is 11.6. The zero-order valence-electron chi connectivity index (χ0n) is 15.8. The number of esters is 1. The molecule has 3 fully saturated rings. The SMILES string of the molecule is CS(=O)(=O)c1ccc(N2CCC3(CC2)CC(CN2CCCC2)OC3=O)nc1. The predicted molar refractivity (Wildman–Crippen MR) is 101 cm³/mol. The Morgan fingerprint density at radius 3 is 2.48 bits per heavy atom. The number of piperidine rings is 1. The molecular formula is C19H27N3O4S. The van der Waals surface area contributed by atoms with Gasteiger partial charge in [0.1, 0.15) is 11.9 Å². The minimum absolute atomic E-state index is 0.0225. The summed E-state index contributed by atoms with van der Waals surface area (Å²) < 4.78 is 28.9. The van der Waals surface area contributed by atoms with Crippen LogP contribution >= 0.6 is 0 Å². The van der Waals surface area contributed by atoms with E-state index in [1.807, 2.05) is 0 Å². The van der Waals surface area contributed by atoms with E-state index in [-0.39, 0.29) is 22.4 Å². The molecule has 0 aromatic carbocycles. The highest BCUT2D eigenvalue weighted by Crippen LogP contribution is 2.44. The third-order valence-corrected chi connectivity index (χ3v) is 7.28. The number of carbonyl (C=O) groups excluding carboxylic acids is 1. The molecule has 1 unspecified atom stereocenters. The minimum atomic E-state index is -3.24. The van der Waals surface area contributed by atoms with E-state index in [4.69, 9.17) is 4.74 Å². The van der Waals surface area contributed by atoms with Gasteiger partial charge >= 0.3 is 5.97 Å². The van der Waals surface area contributed by atoms with Gasteiger partial charge in [-0.2, -0.15) is 0 Å². The number of carbonyl (C=O) groups is 1. The maximum absolute atomic E-state index is 12.6. The van der Waals surface area contributed by atoms with Crippen LogP contribution in [0, 0.1) is 5.41 Å². The summed E-state index contributed by atoms with van der Waals surface area (Å²) in [6, 6.07) is 3.34. The molecule has 0 bridgehead atoms. The summed E-state index contributed by atoms with van der Waals surface area (Å²) in [6.45, 7) is 4.56. The third kappa shape index (κ3) is 3.82. The fraction of sp³-hybridized carbons (Fsp3) is 0.684. The molecule has 1 atom stereocenters. The number of hydrogen-bond donors (Lipinski definition) is 0. The highest BCUT2D eigenvalue weighted by molar-refractivity contribution is 7.90. The van der Waals surface area contributed by atoms with Crippen molar-refractivity contribution in [3.63, 3.8) is 0 Å². The molecule has 3 aliphatic heterocycles. The number of aromatic nitrogens is 1. The molecule has 7 nitrogen and oxygen atoms in total. The average Bonchev–Trinajstić information content (AvgIpc) is 3.24. The summed E-state index contributed by atoms with van der Waals surface area (Å²) in [5.74, 6) is 0.726. The van der Waals surface area contributed by atoms with Crippen LogP contribution < -0.4 is 4.90 Å². The Labute approximate surface area is 160 Å². The van der Waals surface area contributed by atoms with Gasteiger partial charge in [-0.15, -0.1) is 0 Å². The van der Waals surface area contributed by atoms with Gasteiger partial charge in [0, 0.05) is 38.5 Å².